The maximum absolute atomic E-state index is 12.7. The van der Waals surface area contributed by atoms with Gasteiger partial charge in [-0.05, 0) is 44.9 Å². The van der Waals surface area contributed by atoms with Gasteiger partial charge in [0.1, 0.15) is 0 Å². The van der Waals surface area contributed by atoms with Crippen molar-refractivity contribution in [2.24, 2.45) is 0 Å². The molecule has 1 aromatic carbocycles. The van der Waals surface area contributed by atoms with Crippen molar-refractivity contribution in [1.29, 1.82) is 0 Å². The van der Waals surface area contributed by atoms with E-state index in [2.05, 4.69) is 0 Å². The first-order valence-electron chi connectivity index (χ1n) is 8.60. The van der Waals surface area contributed by atoms with Crippen LogP contribution < -0.4 is 0 Å². The highest BCUT2D eigenvalue weighted by atomic mass is 32.2. The molecule has 134 valence electrons. The van der Waals surface area contributed by atoms with Crippen LogP contribution in [0.5, 0.6) is 0 Å². The number of benzene rings is 1. The molecule has 1 aliphatic carbocycles. The van der Waals surface area contributed by atoms with Crippen LogP contribution in [0.3, 0.4) is 0 Å². The lowest BCUT2D eigenvalue weighted by Gasteiger charge is -2.31. The second-order valence-corrected chi connectivity index (χ2v) is 8.85. The Labute approximate surface area is 145 Å². The third-order valence-corrected chi connectivity index (χ3v) is 6.96. The summed E-state index contributed by atoms with van der Waals surface area (Å²) < 4.78 is 26.6. The standard InChI is InChI=1S/C18H28N2O3S/c1-14(2)20(4)24(22,23)17-12-8-9-15(13-17)18(21)19(3)16-10-6-5-7-11-16/h8-9,12-14,16H,5-7,10-11H2,1-4H3. The second kappa shape index (κ2) is 7.66. The Morgan fingerprint density at radius 1 is 1.12 bits per heavy atom. The molecule has 0 aromatic heterocycles. The van der Waals surface area contributed by atoms with Gasteiger partial charge in [-0.15, -0.1) is 0 Å². The van der Waals surface area contributed by atoms with E-state index in [0.29, 0.717) is 5.56 Å². The molecule has 1 fully saturated rings. The summed E-state index contributed by atoms with van der Waals surface area (Å²) >= 11 is 0. The number of sulfonamides is 1. The summed E-state index contributed by atoms with van der Waals surface area (Å²) in [5.41, 5.74) is 0.432. The predicted octanol–water partition coefficient (Wildman–Crippen LogP) is 3.12. The highest BCUT2D eigenvalue weighted by Crippen LogP contribution is 2.24. The first-order valence-corrected chi connectivity index (χ1v) is 10.0. The SMILES string of the molecule is CC(C)N(C)S(=O)(=O)c1cccc(C(=O)N(C)C2CCCCC2)c1. The molecule has 0 heterocycles. The molecule has 0 aliphatic heterocycles. The minimum atomic E-state index is -3.58. The van der Waals surface area contributed by atoms with Gasteiger partial charge in [-0.1, -0.05) is 25.3 Å². The first kappa shape index (κ1) is 18.9. The molecule has 1 aliphatic rings. The molecule has 0 bridgehead atoms. The van der Waals surface area contributed by atoms with E-state index in [4.69, 9.17) is 0 Å². The van der Waals surface area contributed by atoms with Gasteiger partial charge in [-0.2, -0.15) is 4.31 Å². The quantitative estimate of drug-likeness (QED) is 0.818. The molecular formula is C18H28N2O3S. The van der Waals surface area contributed by atoms with Crippen molar-refractivity contribution >= 4 is 15.9 Å². The van der Waals surface area contributed by atoms with Crippen LogP contribution in [0.15, 0.2) is 29.2 Å². The third-order valence-electron chi connectivity index (χ3n) is 4.93. The zero-order valence-corrected chi connectivity index (χ0v) is 15.8. The van der Waals surface area contributed by atoms with E-state index in [0.717, 1.165) is 25.7 Å². The molecule has 6 heteroatoms. The molecule has 0 saturated heterocycles. The van der Waals surface area contributed by atoms with Gasteiger partial charge in [-0.25, -0.2) is 8.42 Å². The lowest BCUT2D eigenvalue weighted by molar-refractivity contribution is 0.0696. The van der Waals surface area contributed by atoms with Crippen molar-refractivity contribution in [3.05, 3.63) is 29.8 Å². The van der Waals surface area contributed by atoms with Crippen LogP contribution in [-0.2, 0) is 10.0 Å². The average molecular weight is 353 g/mol. The van der Waals surface area contributed by atoms with Crippen LogP contribution in [0.2, 0.25) is 0 Å². The van der Waals surface area contributed by atoms with Crippen molar-refractivity contribution < 1.29 is 13.2 Å². The molecule has 1 amide bonds. The highest BCUT2D eigenvalue weighted by Gasteiger charge is 2.26. The lowest BCUT2D eigenvalue weighted by atomic mass is 9.94. The molecule has 0 N–H and O–H groups in total. The lowest BCUT2D eigenvalue weighted by Crippen LogP contribution is -2.38. The Kier molecular flexibility index (Phi) is 6.04. The fraction of sp³-hybridized carbons (Fsp3) is 0.611. The van der Waals surface area contributed by atoms with Gasteiger partial charge in [0.15, 0.2) is 0 Å². The maximum Gasteiger partial charge on any atom is 0.253 e. The smallest absolute Gasteiger partial charge is 0.253 e. The third kappa shape index (κ3) is 3.98. The largest absolute Gasteiger partial charge is 0.339 e. The van der Waals surface area contributed by atoms with Crippen molar-refractivity contribution in [1.82, 2.24) is 9.21 Å². The summed E-state index contributed by atoms with van der Waals surface area (Å²) in [7, 11) is -0.205. The van der Waals surface area contributed by atoms with Gasteiger partial charge in [0.2, 0.25) is 10.0 Å². The zero-order valence-electron chi connectivity index (χ0n) is 15.0. The van der Waals surface area contributed by atoms with Crippen molar-refractivity contribution in [2.75, 3.05) is 14.1 Å². The minimum Gasteiger partial charge on any atom is -0.339 e. The van der Waals surface area contributed by atoms with E-state index in [9.17, 15) is 13.2 Å². The van der Waals surface area contributed by atoms with Gasteiger partial charge in [-0.3, -0.25) is 4.79 Å². The molecule has 1 aromatic rings. The zero-order chi connectivity index (χ0) is 17.9. The van der Waals surface area contributed by atoms with Gasteiger partial charge in [0, 0.05) is 31.7 Å². The summed E-state index contributed by atoms with van der Waals surface area (Å²) in [5.74, 6) is -0.105. The van der Waals surface area contributed by atoms with Gasteiger partial charge >= 0.3 is 0 Å². The topological polar surface area (TPSA) is 57.7 Å². The first-order chi connectivity index (χ1) is 11.2. The van der Waals surface area contributed by atoms with E-state index in [1.807, 2.05) is 20.9 Å². The minimum absolute atomic E-state index is 0.105. The molecule has 5 nitrogen and oxygen atoms in total. The van der Waals surface area contributed by atoms with E-state index in [1.54, 1.807) is 30.1 Å². The van der Waals surface area contributed by atoms with E-state index >= 15 is 0 Å². The summed E-state index contributed by atoms with van der Waals surface area (Å²) in [5, 5.41) is 0. The summed E-state index contributed by atoms with van der Waals surface area (Å²) in [6.45, 7) is 3.65. The summed E-state index contributed by atoms with van der Waals surface area (Å²) in [4.78, 5) is 14.7. The molecule has 24 heavy (non-hydrogen) atoms. The predicted molar refractivity (Wildman–Crippen MR) is 95.5 cm³/mol. The van der Waals surface area contributed by atoms with E-state index in [1.165, 1.54) is 16.8 Å². The molecule has 1 saturated carbocycles. The fourth-order valence-electron chi connectivity index (χ4n) is 3.07. The number of hydrogen-bond acceptors (Lipinski definition) is 3. The van der Waals surface area contributed by atoms with Crippen molar-refractivity contribution in [2.45, 2.75) is 62.9 Å². The highest BCUT2D eigenvalue weighted by molar-refractivity contribution is 7.89. The van der Waals surface area contributed by atoms with Crippen LogP contribution in [0.4, 0.5) is 0 Å². The maximum atomic E-state index is 12.7. The second-order valence-electron chi connectivity index (χ2n) is 6.85. The monoisotopic (exact) mass is 352 g/mol. The molecular weight excluding hydrogens is 324 g/mol. The van der Waals surface area contributed by atoms with Crippen molar-refractivity contribution in [3.8, 4) is 0 Å². The van der Waals surface area contributed by atoms with Gasteiger partial charge < -0.3 is 4.90 Å². The normalized spacial score (nSPS) is 16.6. The van der Waals surface area contributed by atoms with Crippen LogP contribution in [0, 0.1) is 0 Å². The molecule has 0 spiro atoms. The molecule has 0 unspecified atom stereocenters. The Bertz CT molecular complexity index is 679. The molecule has 2 rings (SSSR count). The Balaban J connectivity index is 2.25. The average Bonchev–Trinajstić information content (AvgIpc) is 2.60. The van der Waals surface area contributed by atoms with Crippen LogP contribution in [0.25, 0.3) is 0 Å². The van der Waals surface area contributed by atoms with Crippen LogP contribution >= 0.6 is 0 Å². The number of amides is 1. The summed E-state index contributed by atoms with van der Waals surface area (Å²) in [6, 6.07) is 6.49. The fourth-order valence-corrected chi connectivity index (χ4v) is 4.49. The molecule has 0 radical (unpaired) electrons. The van der Waals surface area contributed by atoms with E-state index < -0.39 is 10.0 Å². The van der Waals surface area contributed by atoms with Crippen molar-refractivity contribution in [3.63, 3.8) is 0 Å². The van der Waals surface area contributed by atoms with Gasteiger partial charge in [0.25, 0.3) is 5.91 Å². The number of rotatable bonds is 5. The van der Waals surface area contributed by atoms with Crippen LogP contribution in [-0.4, -0.2) is 49.7 Å². The number of hydrogen-bond donors (Lipinski definition) is 0. The Morgan fingerprint density at radius 3 is 2.33 bits per heavy atom. The number of nitrogens with zero attached hydrogens (tertiary/aromatic N) is 2. The Morgan fingerprint density at radius 2 is 1.75 bits per heavy atom. The molecule has 0 atom stereocenters. The van der Waals surface area contributed by atoms with E-state index in [-0.39, 0.29) is 22.9 Å². The summed E-state index contributed by atoms with van der Waals surface area (Å²) in [6.07, 6.45) is 5.58. The van der Waals surface area contributed by atoms with Gasteiger partial charge in [0.05, 0.1) is 4.90 Å². The number of carbonyl (C=O) groups excluding carboxylic acids is 1. The number of carbonyl (C=O) groups is 1. The van der Waals surface area contributed by atoms with Crippen LogP contribution in [0.1, 0.15) is 56.3 Å². The Hall–Kier alpha value is -1.40.